The second kappa shape index (κ2) is 7.02. The predicted octanol–water partition coefficient (Wildman–Crippen LogP) is 0.774. The molecule has 2 aliphatic heterocycles. The Kier molecular flexibility index (Phi) is 4.81. The van der Waals surface area contributed by atoms with Gasteiger partial charge in [0.15, 0.2) is 0 Å². The van der Waals surface area contributed by atoms with Gasteiger partial charge in [-0.2, -0.15) is 5.26 Å². The Labute approximate surface area is 142 Å². The van der Waals surface area contributed by atoms with Gasteiger partial charge in [-0.1, -0.05) is 0 Å². The van der Waals surface area contributed by atoms with Gasteiger partial charge in [-0.15, -0.1) is 0 Å². The van der Waals surface area contributed by atoms with Crippen LogP contribution in [-0.2, 0) is 9.59 Å². The number of nitrogens with zero attached hydrogens (tertiary/aromatic N) is 3. The van der Waals surface area contributed by atoms with Crippen molar-refractivity contribution in [1.29, 1.82) is 5.26 Å². The summed E-state index contributed by atoms with van der Waals surface area (Å²) >= 11 is 0. The Morgan fingerprint density at radius 1 is 1.17 bits per heavy atom. The molecule has 2 fully saturated rings. The average molecular weight is 326 g/mol. The van der Waals surface area contributed by atoms with E-state index in [1.165, 1.54) is 0 Å². The van der Waals surface area contributed by atoms with Crippen LogP contribution in [0.5, 0.6) is 0 Å². The number of nitriles is 1. The molecule has 2 aliphatic rings. The Hall–Kier alpha value is -2.39. The van der Waals surface area contributed by atoms with E-state index in [-0.39, 0.29) is 23.7 Å². The minimum Gasteiger partial charge on any atom is -0.368 e. The van der Waals surface area contributed by atoms with Gasteiger partial charge < -0.3 is 15.1 Å². The highest BCUT2D eigenvalue weighted by molar-refractivity contribution is 5.85. The van der Waals surface area contributed by atoms with Crippen LogP contribution in [0.25, 0.3) is 0 Å². The van der Waals surface area contributed by atoms with E-state index in [2.05, 4.69) is 16.3 Å². The first-order valence-corrected chi connectivity index (χ1v) is 8.36. The number of carbonyl (C=O) groups is 2. The molecule has 2 atom stereocenters. The fourth-order valence-corrected chi connectivity index (χ4v) is 3.39. The second-order valence-electron chi connectivity index (χ2n) is 6.48. The predicted molar refractivity (Wildman–Crippen MR) is 90.5 cm³/mol. The highest BCUT2D eigenvalue weighted by Crippen LogP contribution is 2.20. The van der Waals surface area contributed by atoms with E-state index in [0.717, 1.165) is 18.8 Å². The van der Waals surface area contributed by atoms with Gasteiger partial charge in [0.05, 0.1) is 17.7 Å². The number of carbonyl (C=O) groups excluding carboxylic acids is 2. The number of ketones is 1. The SMILES string of the molecule is CC(=O)C1CNC(C(=O)N2CCN(c3ccc(C#N)cc3)CC2)C1. The number of nitrogens with one attached hydrogen (secondary N) is 1. The van der Waals surface area contributed by atoms with Gasteiger partial charge in [-0.05, 0) is 37.6 Å². The molecular weight excluding hydrogens is 304 g/mol. The fraction of sp³-hybridized carbons (Fsp3) is 0.500. The van der Waals surface area contributed by atoms with Crippen LogP contribution in [-0.4, -0.2) is 55.4 Å². The van der Waals surface area contributed by atoms with Crippen molar-refractivity contribution >= 4 is 17.4 Å². The second-order valence-corrected chi connectivity index (χ2v) is 6.48. The van der Waals surface area contributed by atoms with Gasteiger partial charge in [0.2, 0.25) is 5.91 Å². The maximum Gasteiger partial charge on any atom is 0.239 e. The van der Waals surface area contributed by atoms with Gasteiger partial charge in [-0.3, -0.25) is 9.59 Å². The molecule has 6 nitrogen and oxygen atoms in total. The topological polar surface area (TPSA) is 76.4 Å². The number of amides is 1. The molecule has 0 saturated carbocycles. The monoisotopic (exact) mass is 326 g/mol. The first-order chi connectivity index (χ1) is 11.6. The van der Waals surface area contributed by atoms with Gasteiger partial charge in [0.1, 0.15) is 5.78 Å². The van der Waals surface area contributed by atoms with E-state index in [4.69, 9.17) is 5.26 Å². The number of rotatable bonds is 3. The summed E-state index contributed by atoms with van der Waals surface area (Å²) in [5, 5.41) is 12.0. The lowest BCUT2D eigenvalue weighted by Gasteiger charge is -2.37. The first kappa shape index (κ1) is 16.5. The number of hydrogen-bond acceptors (Lipinski definition) is 5. The van der Waals surface area contributed by atoms with E-state index in [0.29, 0.717) is 31.6 Å². The van der Waals surface area contributed by atoms with Crippen LogP contribution in [0, 0.1) is 17.2 Å². The molecule has 0 aromatic heterocycles. The molecule has 0 bridgehead atoms. The zero-order valence-corrected chi connectivity index (χ0v) is 13.9. The highest BCUT2D eigenvalue weighted by atomic mass is 16.2. The average Bonchev–Trinajstić information content (AvgIpc) is 3.12. The molecule has 0 aliphatic carbocycles. The van der Waals surface area contributed by atoms with Gasteiger partial charge in [-0.25, -0.2) is 0 Å². The van der Waals surface area contributed by atoms with Gasteiger partial charge >= 0.3 is 0 Å². The van der Waals surface area contributed by atoms with E-state index in [9.17, 15) is 9.59 Å². The zero-order valence-electron chi connectivity index (χ0n) is 13.9. The number of hydrogen-bond donors (Lipinski definition) is 1. The highest BCUT2D eigenvalue weighted by Gasteiger charge is 2.35. The standard InChI is InChI=1S/C18H22N4O2/c1-13(23)15-10-17(20-12-15)18(24)22-8-6-21(7-9-22)16-4-2-14(11-19)3-5-16/h2-5,15,17,20H,6-10,12H2,1H3. The summed E-state index contributed by atoms with van der Waals surface area (Å²) < 4.78 is 0. The molecule has 1 amide bonds. The summed E-state index contributed by atoms with van der Waals surface area (Å²) in [7, 11) is 0. The summed E-state index contributed by atoms with van der Waals surface area (Å²) in [5.74, 6) is 0.237. The van der Waals surface area contributed by atoms with Gasteiger partial charge in [0.25, 0.3) is 0 Å². The normalized spacial score (nSPS) is 23.8. The first-order valence-electron chi connectivity index (χ1n) is 8.36. The van der Waals surface area contributed by atoms with Crippen molar-refractivity contribution in [1.82, 2.24) is 10.2 Å². The Balaban J connectivity index is 1.54. The molecule has 24 heavy (non-hydrogen) atoms. The van der Waals surface area contributed by atoms with Crippen molar-refractivity contribution in [2.24, 2.45) is 5.92 Å². The summed E-state index contributed by atoms with van der Waals surface area (Å²) in [6.45, 7) is 5.12. The molecule has 2 unspecified atom stereocenters. The van der Waals surface area contributed by atoms with Crippen molar-refractivity contribution in [3.05, 3.63) is 29.8 Å². The summed E-state index contributed by atoms with van der Waals surface area (Å²) in [6, 6.07) is 9.43. The van der Waals surface area contributed by atoms with E-state index in [1.54, 1.807) is 6.92 Å². The Bertz CT molecular complexity index is 657. The maximum absolute atomic E-state index is 12.6. The van der Waals surface area contributed by atoms with Crippen LogP contribution in [0.15, 0.2) is 24.3 Å². The minimum absolute atomic E-state index is 0.0288. The molecule has 2 heterocycles. The molecule has 6 heteroatoms. The van der Waals surface area contributed by atoms with Crippen LogP contribution >= 0.6 is 0 Å². The van der Waals surface area contributed by atoms with Crippen LogP contribution in [0.2, 0.25) is 0 Å². The fourth-order valence-electron chi connectivity index (χ4n) is 3.39. The number of Topliss-reactive ketones (excluding diaryl/α,β-unsaturated/α-hetero) is 1. The van der Waals surface area contributed by atoms with Crippen LogP contribution < -0.4 is 10.2 Å². The van der Waals surface area contributed by atoms with E-state index < -0.39 is 0 Å². The maximum atomic E-state index is 12.6. The van der Waals surface area contributed by atoms with Crippen LogP contribution in [0.3, 0.4) is 0 Å². The smallest absolute Gasteiger partial charge is 0.239 e. The van der Waals surface area contributed by atoms with E-state index >= 15 is 0 Å². The van der Waals surface area contributed by atoms with Crippen LogP contribution in [0.4, 0.5) is 5.69 Å². The molecule has 1 aromatic rings. The molecule has 2 saturated heterocycles. The third kappa shape index (κ3) is 3.41. The Morgan fingerprint density at radius 3 is 2.38 bits per heavy atom. The Morgan fingerprint density at radius 2 is 1.83 bits per heavy atom. The number of anilines is 1. The molecular formula is C18H22N4O2. The molecule has 3 rings (SSSR count). The van der Waals surface area contributed by atoms with Gasteiger partial charge in [0, 0.05) is 44.3 Å². The van der Waals surface area contributed by atoms with Crippen molar-refractivity contribution < 1.29 is 9.59 Å². The quantitative estimate of drug-likeness (QED) is 0.888. The molecule has 1 aromatic carbocycles. The van der Waals surface area contributed by atoms with Crippen molar-refractivity contribution in [2.45, 2.75) is 19.4 Å². The largest absolute Gasteiger partial charge is 0.368 e. The molecule has 126 valence electrons. The zero-order chi connectivity index (χ0) is 17.1. The molecule has 1 N–H and O–H groups in total. The summed E-state index contributed by atoms with van der Waals surface area (Å²) in [4.78, 5) is 28.2. The minimum atomic E-state index is -0.222. The summed E-state index contributed by atoms with van der Waals surface area (Å²) in [6.07, 6.45) is 0.615. The third-order valence-corrected chi connectivity index (χ3v) is 4.96. The number of piperazine rings is 1. The van der Waals surface area contributed by atoms with Crippen molar-refractivity contribution in [2.75, 3.05) is 37.6 Å². The summed E-state index contributed by atoms with van der Waals surface area (Å²) in [5.41, 5.74) is 1.73. The van der Waals surface area contributed by atoms with Crippen LogP contribution in [0.1, 0.15) is 18.9 Å². The van der Waals surface area contributed by atoms with Crippen molar-refractivity contribution in [3.8, 4) is 6.07 Å². The number of benzene rings is 1. The lowest BCUT2D eigenvalue weighted by atomic mass is 10.0. The molecule has 0 spiro atoms. The lowest BCUT2D eigenvalue weighted by molar-refractivity contribution is -0.133. The third-order valence-electron chi connectivity index (χ3n) is 4.96. The van der Waals surface area contributed by atoms with E-state index in [1.807, 2.05) is 29.2 Å². The van der Waals surface area contributed by atoms with Crippen molar-refractivity contribution in [3.63, 3.8) is 0 Å². The molecule has 0 radical (unpaired) electrons. The lowest BCUT2D eigenvalue weighted by Crippen LogP contribution is -2.53.